The number of carbonyl (C=O) groups is 2. The fourth-order valence-electron chi connectivity index (χ4n) is 3.12. The summed E-state index contributed by atoms with van der Waals surface area (Å²) < 4.78 is 35.4. The van der Waals surface area contributed by atoms with E-state index in [1.54, 1.807) is 13.3 Å². The smallest absolute Gasteiger partial charge is 0.267 e. The molecule has 0 spiro atoms. The fourth-order valence-corrected chi connectivity index (χ4v) is 7.15. The van der Waals surface area contributed by atoms with Crippen molar-refractivity contribution in [2.24, 2.45) is 10.8 Å². The second-order valence-corrected chi connectivity index (χ2v) is 18.4. The summed E-state index contributed by atoms with van der Waals surface area (Å²) in [6.45, 7) is 16.5. The van der Waals surface area contributed by atoms with Crippen LogP contribution in [0.2, 0.25) is 0 Å². The van der Waals surface area contributed by atoms with Gasteiger partial charge in [0.1, 0.15) is 0 Å². The normalized spacial score (nSPS) is 14.5. The van der Waals surface area contributed by atoms with Crippen molar-refractivity contribution >= 4 is 48.8 Å². The van der Waals surface area contributed by atoms with Crippen molar-refractivity contribution in [1.82, 2.24) is 10.2 Å². The molecule has 0 saturated heterocycles. The molecular weight excluding hydrogens is 634 g/mol. The number of hydrogen-bond donors (Lipinski definition) is 2. The maximum Gasteiger partial charge on any atom is 0.267 e. The van der Waals surface area contributed by atoms with E-state index in [0.29, 0.717) is 37.8 Å². The summed E-state index contributed by atoms with van der Waals surface area (Å²) in [4.78, 5) is 23.9. The lowest BCUT2D eigenvalue weighted by Gasteiger charge is -2.20. The number of nitrogens with one attached hydrogen (secondary N) is 2. The van der Waals surface area contributed by atoms with Crippen molar-refractivity contribution in [1.29, 1.82) is 0 Å². The van der Waals surface area contributed by atoms with Crippen LogP contribution >= 0.6 is 38.6 Å². The Morgan fingerprint density at radius 3 is 1.27 bits per heavy atom. The zero-order valence-corrected chi connectivity index (χ0v) is 31.0. The van der Waals surface area contributed by atoms with Crippen molar-refractivity contribution in [3.8, 4) is 0 Å². The molecule has 0 saturated carbocycles. The SMILES string of the molecule is CCC(C)(C)C(=O)SCCO[P@@](C)(=O)NCc1ccccc1.CCC(C)(C)C(=O)SCCO[P@](C)(=O)NCc1ccccc1. The van der Waals surface area contributed by atoms with Crippen molar-refractivity contribution < 1.29 is 27.8 Å². The Kier molecular flexibility index (Phi) is 18.6. The Morgan fingerprint density at radius 2 is 0.977 bits per heavy atom. The molecule has 0 fully saturated rings. The number of rotatable bonds is 18. The second-order valence-electron chi connectivity index (χ2n) is 11.7. The van der Waals surface area contributed by atoms with E-state index < -0.39 is 15.0 Å². The lowest BCUT2D eigenvalue weighted by molar-refractivity contribution is -0.118. The van der Waals surface area contributed by atoms with Gasteiger partial charge in [-0.3, -0.25) is 18.7 Å². The van der Waals surface area contributed by atoms with Crippen molar-refractivity contribution in [2.45, 2.75) is 67.5 Å². The highest BCUT2D eigenvalue weighted by Crippen LogP contribution is 2.39. The zero-order valence-electron chi connectivity index (χ0n) is 27.6. The van der Waals surface area contributed by atoms with E-state index in [9.17, 15) is 18.7 Å². The van der Waals surface area contributed by atoms with E-state index in [4.69, 9.17) is 9.05 Å². The van der Waals surface area contributed by atoms with Crippen LogP contribution < -0.4 is 10.2 Å². The maximum absolute atomic E-state index is 12.3. The van der Waals surface area contributed by atoms with Crippen LogP contribution in [0.15, 0.2) is 60.7 Å². The van der Waals surface area contributed by atoms with E-state index in [1.807, 2.05) is 102 Å². The van der Waals surface area contributed by atoms with E-state index in [1.165, 1.54) is 23.5 Å². The quantitative estimate of drug-likeness (QED) is 0.117. The molecule has 0 bridgehead atoms. The molecule has 12 heteroatoms. The molecule has 2 aromatic rings. The maximum atomic E-state index is 12.3. The first-order chi connectivity index (χ1) is 20.5. The molecule has 0 unspecified atom stereocenters. The first-order valence-electron chi connectivity index (χ1n) is 14.9. The number of hydrogen-bond acceptors (Lipinski definition) is 8. The van der Waals surface area contributed by atoms with Gasteiger partial charge in [-0.1, -0.05) is 126 Å². The summed E-state index contributed by atoms with van der Waals surface area (Å²) >= 11 is 2.50. The molecular formula is C32H52N2O6P2S2. The first-order valence-corrected chi connectivity index (χ1v) is 21.0. The summed E-state index contributed by atoms with van der Waals surface area (Å²) in [6.07, 6.45) is 1.62. The van der Waals surface area contributed by atoms with Gasteiger partial charge in [0.2, 0.25) is 0 Å². The third-order valence-electron chi connectivity index (χ3n) is 7.01. The molecule has 0 amide bonds. The van der Waals surface area contributed by atoms with Gasteiger partial charge in [0.15, 0.2) is 10.2 Å². The minimum atomic E-state index is -2.84. The largest absolute Gasteiger partial charge is 0.317 e. The number of carbonyl (C=O) groups excluding carboxylic acids is 2. The summed E-state index contributed by atoms with van der Waals surface area (Å²) in [7, 11) is -5.68. The van der Waals surface area contributed by atoms with Gasteiger partial charge in [-0.15, -0.1) is 0 Å². The van der Waals surface area contributed by atoms with Crippen LogP contribution in [-0.4, -0.2) is 48.3 Å². The average Bonchev–Trinajstić information content (AvgIpc) is 3.00. The van der Waals surface area contributed by atoms with Crippen LogP contribution in [0.4, 0.5) is 0 Å². The van der Waals surface area contributed by atoms with Gasteiger partial charge in [0.25, 0.3) is 15.0 Å². The third-order valence-corrected chi connectivity index (χ3v) is 12.2. The van der Waals surface area contributed by atoms with Crippen LogP contribution in [-0.2, 0) is 40.9 Å². The van der Waals surface area contributed by atoms with Gasteiger partial charge in [-0.05, 0) is 24.0 Å². The lowest BCUT2D eigenvalue weighted by atomic mass is 9.92. The molecule has 248 valence electrons. The predicted molar refractivity (Wildman–Crippen MR) is 189 cm³/mol. The van der Waals surface area contributed by atoms with Crippen molar-refractivity contribution in [2.75, 3.05) is 38.0 Å². The Labute approximate surface area is 274 Å². The molecule has 0 heterocycles. The number of thioether (sulfide) groups is 2. The van der Waals surface area contributed by atoms with Gasteiger partial charge in [-0.25, -0.2) is 10.2 Å². The van der Waals surface area contributed by atoms with Crippen LogP contribution in [0, 0.1) is 10.8 Å². The number of benzene rings is 2. The standard InChI is InChI=1S/2C16H26NO3PS/c2*1-5-16(2,3)15(18)22-12-11-20-21(4,19)17-13-14-9-7-6-8-10-14/h2*6-10H,5,11-13H2,1-4H3,(H,17,19)/t2*21-/m10/s1. The van der Waals surface area contributed by atoms with Crippen LogP contribution in [0.3, 0.4) is 0 Å². The Bertz CT molecular complexity index is 1130. The molecule has 2 atom stereocenters. The molecule has 0 aliphatic rings. The molecule has 0 radical (unpaired) electrons. The van der Waals surface area contributed by atoms with Crippen molar-refractivity contribution in [3.05, 3.63) is 71.8 Å². The van der Waals surface area contributed by atoms with Gasteiger partial charge in [-0.2, -0.15) is 0 Å². The third kappa shape index (κ3) is 17.5. The molecule has 8 nitrogen and oxygen atoms in total. The van der Waals surface area contributed by atoms with Crippen LogP contribution in [0.1, 0.15) is 65.5 Å². The van der Waals surface area contributed by atoms with Crippen LogP contribution in [0.5, 0.6) is 0 Å². The van der Waals surface area contributed by atoms with Gasteiger partial charge in [0.05, 0.1) is 13.2 Å². The highest BCUT2D eigenvalue weighted by molar-refractivity contribution is 8.14. The van der Waals surface area contributed by atoms with E-state index in [0.717, 1.165) is 24.0 Å². The molecule has 2 aromatic carbocycles. The monoisotopic (exact) mass is 686 g/mol. The highest BCUT2D eigenvalue weighted by Gasteiger charge is 2.26. The minimum absolute atomic E-state index is 0.154. The van der Waals surface area contributed by atoms with E-state index >= 15 is 0 Å². The first kappa shape index (κ1) is 40.8. The minimum Gasteiger partial charge on any atom is -0.317 e. The topological polar surface area (TPSA) is 111 Å². The summed E-state index contributed by atoms with van der Waals surface area (Å²) in [5.74, 6) is 1.04. The fraction of sp³-hybridized carbons (Fsp3) is 0.562. The van der Waals surface area contributed by atoms with Crippen molar-refractivity contribution in [3.63, 3.8) is 0 Å². The van der Waals surface area contributed by atoms with Gasteiger partial charge < -0.3 is 9.05 Å². The zero-order chi connectivity index (χ0) is 33.3. The molecule has 0 aromatic heterocycles. The Balaban J connectivity index is 0.000000440. The van der Waals surface area contributed by atoms with Gasteiger partial charge >= 0.3 is 0 Å². The predicted octanol–water partition coefficient (Wildman–Crippen LogP) is 8.62. The Hall–Kier alpha value is -1.22. The summed E-state index contributed by atoms with van der Waals surface area (Å²) in [5.41, 5.74) is 1.49. The second kappa shape index (κ2) is 20.1. The summed E-state index contributed by atoms with van der Waals surface area (Å²) in [5, 5.41) is 6.20. The van der Waals surface area contributed by atoms with E-state index in [2.05, 4.69) is 10.2 Å². The Morgan fingerprint density at radius 1 is 0.659 bits per heavy atom. The molecule has 2 N–H and O–H groups in total. The molecule has 2 rings (SSSR count). The van der Waals surface area contributed by atoms with Crippen LogP contribution in [0.25, 0.3) is 0 Å². The molecule has 0 aliphatic carbocycles. The molecule has 44 heavy (non-hydrogen) atoms. The lowest BCUT2D eigenvalue weighted by Crippen LogP contribution is -2.21. The summed E-state index contributed by atoms with van der Waals surface area (Å²) in [6, 6.07) is 19.5. The highest BCUT2D eigenvalue weighted by atomic mass is 32.2. The van der Waals surface area contributed by atoms with Gasteiger partial charge in [0, 0.05) is 48.8 Å². The average molecular weight is 687 g/mol. The van der Waals surface area contributed by atoms with E-state index in [-0.39, 0.29) is 21.1 Å². The molecule has 0 aliphatic heterocycles.